The van der Waals surface area contributed by atoms with Gasteiger partial charge in [-0.2, -0.15) is 0 Å². The zero-order valence-corrected chi connectivity index (χ0v) is 23.8. The molecule has 0 unspecified atom stereocenters. The van der Waals surface area contributed by atoms with E-state index in [9.17, 15) is 23.1 Å². The number of allylic oxidation sites excluding steroid dienone is 3. The molecular formula is C32H31NO7S. The van der Waals surface area contributed by atoms with Crippen molar-refractivity contribution in [2.75, 3.05) is 13.4 Å². The fourth-order valence-corrected chi connectivity index (χ4v) is 6.26. The van der Waals surface area contributed by atoms with Gasteiger partial charge in [-0.3, -0.25) is 4.79 Å². The number of Topliss-reactive ketones (excluding diaryl/α,β-unsaturated/α-hetero) is 1. The van der Waals surface area contributed by atoms with E-state index in [-0.39, 0.29) is 40.9 Å². The molecule has 2 aliphatic rings. The third kappa shape index (κ3) is 5.76. The Labute approximate surface area is 239 Å². The largest absolute Gasteiger partial charge is 0.508 e. The lowest BCUT2D eigenvalue weighted by molar-refractivity contribution is -0.140. The lowest BCUT2D eigenvalue weighted by Gasteiger charge is -2.37. The second-order valence-electron chi connectivity index (χ2n) is 10.3. The topological polar surface area (TPSA) is 119 Å². The van der Waals surface area contributed by atoms with Gasteiger partial charge < -0.3 is 19.9 Å². The molecule has 8 nitrogen and oxygen atoms in total. The first-order chi connectivity index (χ1) is 19.6. The fraction of sp³-hybridized carbons (Fsp3) is 0.250. The first-order valence-electron chi connectivity index (χ1n) is 13.2. The number of esters is 1. The smallest absolute Gasteiger partial charge is 0.337 e. The van der Waals surface area contributed by atoms with Gasteiger partial charge in [-0.05, 0) is 60.4 Å². The van der Waals surface area contributed by atoms with Gasteiger partial charge in [0.05, 0.1) is 17.6 Å². The van der Waals surface area contributed by atoms with Crippen LogP contribution in [0.5, 0.6) is 11.5 Å². The number of nitrogens with one attached hydrogen (secondary N) is 1. The summed E-state index contributed by atoms with van der Waals surface area (Å²) in [4.78, 5) is 27.6. The first-order valence-corrected chi connectivity index (χ1v) is 15.1. The number of methoxy groups -OCH3 is 1. The molecule has 0 amide bonds. The Bertz CT molecular complexity index is 1690. The van der Waals surface area contributed by atoms with Crippen molar-refractivity contribution < 1.29 is 32.6 Å². The average Bonchev–Trinajstić information content (AvgIpc) is 2.94. The van der Waals surface area contributed by atoms with E-state index in [1.54, 1.807) is 44.4 Å². The summed E-state index contributed by atoms with van der Waals surface area (Å²) in [6.07, 6.45) is 1.91. The highest BCUT2D eigenvalue weighted by Gasteiger charge is 2.42. The minimum Gasteiger partial charge on any atom is -0.508 e. The molecule has 0 saturated heterocycles. The molecular weight excluding hydrogens is 542 g/mol. The van der Waals surface area contributed by atoms with Crippen molar-refractivity contribution in [1.29, 1.82) is 0 Å². The van der Waals surface area contributed by atoms with Crippen molar-refractivity contribution in [1.82, 2.24) is 5.32 Å². The number of phenolic OH excluding ortho intramolecular Hbond substituents is 1. The Hall–Kier alpha value is -4.37. The van der Waals surface area contributed by atoms with Crippen LogP contribution in [0.2, 0.25) is 0 Å². The van der Waals surface area contributed by atoms with Gasteiger partial charge in [0.2, 0.25) is 0 Å². The SMILES string of the molecule is COc1ccccc1[C@H]1CC(=O)C2=C(C1)NC(C)=C(C(=O)OCc1ccc(S(C)(=O)=O)cc1)[C@H]2c1cccc(O)c1. The molecule has 2 atom stereocenters. The molecule has 5 rings (SSSR count). The number of para-hydroxylation sites is 1. The molecule has 0 bridgehead atoms. The molecule has 3 aromatic carbocycles. The van der Waals surface area contributed by atoms with Gasteiger partial charge in [0.15, 0.2) is 15.6 Å². The summed E-state index contributed by atoms with van der Waals surface area (Å²) < 4.78 is 34.8. The molecule has 1 heterocycles. The summed E-state index contributed by atoms with van der Waals surface area (Å²) in [6.45, 7) is 1.69. The Balaban J connectivity index is 1.48. The number of benzene rings is 3. The Kier molecular flexibility index (Phi) is 7.73. The molecule has 3 aromatic rings. The van der Waals surface area contributed by atoms with Crippen LogP contribution < -0.4 is 10.1 Å². The van der Waals surface area contributed by atoms with Crippen molar-refractivity contribution in [3.05, 3.63) is 112 Å². The fourth-order valence-electron chi connectivity index (χ4n) is 5.63. The number of hydrogen-bond donors (Lipinski definition) is 2. The molecule has 0 aromatic heterocycles. The summed E-state index contributed by atoms with van der Waals surface area (Å²) in [7, 11) is -1.74. The number of ether oxygens (including phenoxy) is 2. The lowest BCUT2D eigenvalue weighted by Crippen LogP contribution is -2.36. The maximum atomic E-state index is 13.8. The van der Waals surface area contributed by atoms with Crippen LogP contribution in [0.25, 0.3) is 0 Å². The number of rotatable bonds is 7. The minimum absolute atomic E-state index is 0.0228. The maximum Gasteiger partial charge on any atom is 0.337 e. The summed E-state index contributed by atoms with van der Waals surface area (Å²) in [5.41, 5.74) is 4.23. The van der Waals surface area contributed by atoms with E-state index < -0.39 is 21.7 Å². The van der Waals surface area contributed by atoms with Crippen LogP contribution in [0, 0.1) is 0 Å². The summed E-state index contributed by atoms with van der Waals surface area (Å²) in [5.74, 6) is -0.806. The molecule has 0 fully saturated rings. The van der Waals surface area contributed by atoms with Gasteiger partial charge in [-0.1, -0.05) is 42.5 Å². The van der Waals surface area contributed by atoms with Gasteiger partial charge in [0.1, 0.15) is 18.1 Å². The number of dihydropyridines is 1. The van der Waals surface area contributed by atoms with Crippen LogP contribution in [0.3, 0.4) is 0 Å². The Morgan fingerprint density at radius 3 is 2.44 bits per heavy atom. The summed E-state index contributed by atoms with van der Waals surface area (Å²) in [5, 5.41) is 13.6. The highest BCUT2D eigenvalue weighted by molar-refractivity contribution is 7.90. The number of sulfone groups is 1. The molecule has 2 N–H and O–H groups in total. The number of hydrogen-bond acceptors (Lipinski definition) is 8. The Morgan fingerprint density at radius 2 is 1.76 bits per heavy atom. The van der Waals surface area contributed by atoms with Crippen LogP contribution in [-0.4, -0.2) is 38.6 Å². The monoisotopic (exact) mass is 573 g/mol. The van der Waals surface area contributed by atoms with E-state index >= 15 is 0 Å². The minimum atomic E-state index is -3.35. The number of aromatic hydroxyl groups is 1. The third-order valence-corrected chi connectivity index (χ3v) is 8.68. The Morgan fingerprint density at radius 1 is 1.02 bits per heavy atom. The molecule has 0 saturated carbocycles. The quantitative estimate of drug-likeness (QED) is 0.383. The van der Waals surface area contributed by atoms with E-state index in [0.29, 0.717) is 28.8 Å². The maximum absolute atomic E-state index is 13.8. The van der Waals surface area contributed by atoms with Gasteiger partial charge in [-0.15, -0.1) is 0 Å². The van der Waals surface area contributed by atoms with Crippen LogP contribution >= 0.6 is 0 Å². The van der Waals surface area contributed by atoms with E-state index in [0.717, 1.165) is 23.3 Å². The van der Waals surface area contributed by atoms with Crippen LogP contribution in [-0.2, 0) is 30.8 Å². The molecule has 0 spiro atoms. The molecule has 0 radical (unpaired) electrons. The number of ketones is 1. The molecule has 1 aliphatic carbocycles. The molecule has 212 valence electrons. The van der Waals surface area contributed by atoms with Crippen LogP contribution in [0.1, 0.15) is 48.3 Å². The van der Waals surface area contributed by atoms with Crippen molar-refractivity contribution in [2.24, 2.45) is 0 Å². The zero-order chi connectivity index (χ0) is 29.3. The van der Waals surface area contributed by atoms with E-state index in [4.69, 9.17) is 9.47 Å². The van der Waals surface area contributed by atoms with Crippen molar-refractivity contribution >= 4 is 21.6 Å². The van der Waals surface area contributed by atoms with Gasteiger partial charge in [0.25, 0.3) is 0 Å². The van der Waals surface area contributed by atoms with Crippen LogP contribution in [0.15, 0.2) is 100 Å². The van der Waals surface area contributed by atoms with Crippen molar-refractivity contribution in [3.8, 4) is 11.5 Å². The number of carbonyl (C=O) groups is 2. The highest BCUT2D eigenvalue weighted by Crippen LogP contribution is 2.47. The third-order valence-electron chi connectivity index (χ3n) is 7.55. The molecule has 1 aliphatic heterocycles. The number of carbonyl (C=O) groups excluding carboxylic acids is 2. The molecule has 9 heteroatoms. The van der Waals surface area contributed by atoms with Gasteiger partial charge in [-0.25, -0.2) is 13.2 Å². The van der Waals surface area contributed by atoms with E-state index in [1.165, 1.54) is 18.2 Å². The standard InChI is InChI=1S/C32H31NO7S/c1-19-29(32(36)40-18-20-11-13-24(14-12-20)41(3,37)38)30(21-7-6-8-23(34)15-21)31-26(33-19)16-22(17-27(31)35)25-9-4-5-10-28(25)39-2/h4-15,22,30,33-34H,16-18H2,1-3H3/t22-,30-/m1/s1. The van der Waals surface area contributed by atoms with Gasteiger partial charge >= 0.3 is 5.97 Å². The normalized spacial score (nSPS) is 19.0. The van der Waals surface area contributed by atoms with Crippen molar-refractivity contribution in [3.63, 3.8) is 0 Å². The zero-order valence-electron chi connectivity index (χ0n) is 23.0. The lowest BCUT2D eigenvalue weighted by atomic mass is 9.71. The summed E-state index contributed by atoms with van der Waals surface area (Å²) >= 11 is 0. The van der Waals surface area contributed by atoms with Crippen LogP contribution in [0.4, 0.5) is 0 Å². The summed E-state index contributed by atoms with van der Waals surface area (Å²) in [6, 6.07) is 20.3. The van der Waals surface area contributed by atoms with Crippen molar-refractivity contribution in [2.45, 2.75) is 43.1 Å². The highest BCUT2D eigenvalue weighted by atomic mass is 32.2. The number of phenols is 1. The molecule has 41 heavy (non-hydrogen) atoms. The predicted molar refractivity (Wildman–Crippen MR) is 153 cm³/mol. The average molecular weight is 574 g/mol. The van der Waals surface area contributed by atoms with E-state index in [1.807, 2.05) is 24.3 Å². The second kappa shape index (κ2) is 11.2. The predicted octanol–water partition coefficient (Wildman–Crippen LogP) is 4.91. The second-order valence-corrected chi connectivity index (χ2v) is 12.4. The van der Waals surface area contributed by atoms with E-state index in [2.05, 4.69) is 5.32 Å². The first kappa shape index (κ1) is 28.2. The van der Waals surface area contributed by atoms with Gasteiger partial charge in [0, 0.05) is 41.5 Å².